The van der Waals surface area contributed by atoms with Gasteiger partial charge < -0.3 is 16.4 Å². The molecule has 1 aromatic rings. The summed E-state index contributed by atoms with van der Waals surface area (Å²) in [6.07, 6.45) is 0.854. The van der Waals surface area contributed by atoms with Gasteiger partial charge in [0, 0.05) is 17.1 Å². The standard InChI is InChI=1S/C15H19N3O4S/c16-14(20)11(18-15(21)12-6-7-13(19)17-12)8-9-23(22)10-4-2-1-3-5-10/h1-5,11-12H,6-9H2,(H2,16,20)(H,17,19)(H,18,21)/t11-,12-,23+/m1/s1. The summed E-state index contributed by atoms with van der Waals surface area (Å²) in [5.41, 5.74) is 5.30. The number of rotatable bonds is 7. The van der Waals surface area contributed by atoms with Crippen LogP contribution >= 0.6 is 0 Å². The van der Waals surface area contributed by atoms with Gasteiger partial charge in [-0.05, 0) is 25.0 Å². The van der Waals surface area contributed by atoms with E-state index in [9.17, 15) is 18.6 Å². The molecule has 0 radical (unpaired) electrons. The fourth-order valence-electron chi connectivity index (χ4n) is 2.28. The van der Waals surface area contributed by atoms with E-state index in [-0.39, 0.29) is 24.5 Å². The molecule has 0 spiro atoms. The van der Waals surface area contributed by atoms with Crippen LogP contribution in [0.4, 0.5) is 0 Å². The average Bonchev–Trinajstić information content (AvgIpc) is 2.98. The maximum absolute atomic E-state index is 12.1. The second kappa shape index (κ2) is 7.87. The van der Waals surface area contributed by atoms with Crippen molar-refractivity contribution >= 4 is 28.5 Å². The third-order valence-corrected chi connectivity index (χ3v) is 4.97. The molecular formula is C15H19N3O4S. The average molecular weight is 337 g/mol. The van der Waals surface area contributed by atoms with E-state index in [1.54, 1.807) is 24.3 Å². The first-order valence-corrected chi connectivity index (χ1v) is 8.61. The summed E-state index contributed by atoms with van der Waals surface area (Å²) in [6, 6.07) is 7.32. The van der Waals surface area contributed by atoms with Gasteiger partial charge in [0.15, 0.2) is 0 Å². The number of hydrogen-bond acceptors (Lipinski definition) is 4. The highest BCUT2D eigenvalue weighted by Crippen LogP contribution is 2.09. The molecule has 1 fully saturated rings. The molecule has 23 heavy (non-hydrogen) atoms. The van der Waals surface area contributed by atoms with E-state index >= 15 is 0 Å². The van der Waals surface area contributed by atoms with Gasteiger partial charge in [-0.3, -0.25) is 18.6 Å². The summed E-state index contributed by atoms with van der Waals surface area (Å²) in [5, 5.41) is 5.05. The minimum Gasteiger partial charge on any atom is -0.368 e. The molecule has 0 saturated carbocycles. The molecule has 0 unspecified atom stereocenters. The molecule has 3 amide bonds. The first-order chi connectivity index (χ1) is 11.0. The maximum atomic E-state index is 12.1. The molecule has 1 aromatic carbocycles. The van der Waals surface area contributed by atoms with Gasteiger partial charge in [-0.1, -0.05) is 18.2 Å². The van der Waals surface area contributed by atoms with E-state index in [1.165, 1.54) is 0 Å². The molecule has 0 bridgehead atoms. The third kappa shape index (κ3) is 4.88. The Morgan fingerprint density at radius 2 is 2.04 bits per heavy atom. The molecule has 1 aliphatic rings. The topological polar surface area (TPSA) is 118 Å². The van der Waals surface area contributed by atoms with Gasteiger partial charge in [-0.15, -0.1) is 0 Å². The lowest BCUT2D eigenvalue weighted by Gasteiger charge is -2.18. The number of primary amides is 1. The molecule has 0 aliphatic carbocycles. The lowest BCUT2D eigenvalue weighted by molar-refractivity contribution is -0.129. The van der Waals surface area contributed by atoms with Crippen molar-refractivity contribution in [3.05, 3.63) is 30.3 Å². The summed E-state index contributed by atoms with van der Waals surface area (Å²) >= 11 is 0. The van der Waals surface area contributed by atoms with Gasteiger partial charge in [0.2, 0.25) is 17.7 Å². The lowest BCUT2D eigenvalue weighted by Crippen LogP contribution is -2.51. The van der Waals surface area contributed by atoms with Crippen LogP contribution in [0.5, 0.6) is 0 Å². The van der Waals surface area contributed by atoms with Gasteiger partial charge >= 0.3 is 0 Å². The van der Waals surface area contributed by atoms with Crippen molar-refractivity contribution in [3.63, 3.8) is 0 Å². The van der Waals surface area contributed by atoms with Crippen molar-refractivity contribution in [2.45, 2.75) is 36.2 Å². The predicted molar refractivity (Wildman–Crippen MR) is 84.6 cm³/mol. The molecule has 8 heteroatoms. The third-order valence-electron chi connectivity index (χ3n) is 3.57. The van der Waals surface area contributed by atoms with E-state index in [0.717, 1.165) is 0 Å². The minimum absolute atomic E-state index is 0.170. The van der Waals surface area contributed by atoms with Crippen LogP contribution in [-0.4, -0.2) is 39.8 Å². The van der Waals surface area contributed by atoms with E-state index in [2.05, 4.69) is 10.6 Å². The number of nitrogens with two attached hydrogens (primary N) is 1. The van der Waals surface area contributed by atoms with Gasteiger partial charge in [-0.25, -0.2) is 0 Å². The summed E-state index contributed by atoms with van der Waals surface area (Å²) in [7, 11) is -1.27. The number of nitrogens with one attached hydrogen (secondary N) is 2. The van der Waals surface area contributed by atoms with Crippen molar-refractivity contribution in [2.24, 2.45) is 5.73 Å². The van der Waals surface area contributed by atoms with Gasteiger partial charge in [0.05, 0.1) is 10.8 Å². The first kappa shape index (κ1) is 17.1. The van der Waals surface area contributed by atoms with E-state index < -0.39 is 34.7 Å². The minimum atomic E-state index is -1.27. The van der Waals surface area contributed by atoms with Crippen LogP contribution in [0.25, 0.3) is 0 Å². The Labute approximate surface area is 136 Å². The van der Waals surface area contributed by atoms with Crippen molar-refractivity contribution in [1.82, 2.24) is 10.6 Å². The zero-order valence-corrected chi connectivity index (χ0v) is 13.3. The summed E-state index contributed by atoms with van der Waals surface area (Å²) in [6.45, 7) is 0. The molecule has 1 saturated heterocycles. The molecule has 3 atom stereocenters. The van der Waals surface area contributed by atoms with Crippen LogP contribution in [-0.2, 0) is 25.2 Å². The fraction of sp³-hybridized carbons (Fsp3) is 0.400. The van der Waals surface area contributed by atoms with E-state index in [4.69, 9.17) is 5.73 Å². The Bertz CT molecular complexity index is 620. The number of hydrogen-bond donors (Lipinski definition) is 3. The highest BCUT2D eigenvalue weighted by molar-refractivity contribution is 7.85. The largest absolute Gasteiger partial charge is 0.368 e. The molecule has 124 valence electrons. The van der Waals surface area contributed by atoms with Crippen molar-refractivity contribution in [2.75, 3.05) is 5.75 Å². The molecule has 1 aliphatic heterocycles. The fourth-order valence-corrected chi connectivity index (χ4v) is 3.43. The Balaban J connectivity index is 1.89. The SMILES string of the molecule is NC(=O)[C@@H](CC[S@](=O)c1ccccc1)NC(=O)[C@H]1CCC(=O)N1. The summed E-state index contributed by atoms with van der Waals surface area (Å²) < 4.78 is 12.1. The Hall–Kier alpha value is -2.22. The highest BCUT2D eigenvalue weighted by Gasteiger charge is 2.29. The molecule has 4 N–H and O–H groups in total. The van der Waals surface area contributed by atoms with Crippen LogP contribution in [0.2, 0.25) is 0 Å². The van der Waals surface area contributed by atoms with Crippen LogP contribution in [0.3, 0.4) is 0 Å². The first-order valence-electron chi connectivity index (χ1n) is 7.30. The highest BCUT2D eigenvalue weighted by atomic mass is 32.2. The Kier molecular flexibility index (Phi) is 5.86. The molecule has 2 rings (SSSR count). The molecule has 1 heterocycles. The maximum Gasteiger partial charge on any atom is 0.243 e. The van der Waals surface area contributed by atoms with Crippen LogP contribution in [0, 0.1) is 0 Å². The van der Waals surface area contributed by atoms with E-state index in [0.29, 0.717) is 11.3 Å². The second-order valence-electron chi connectivity index (χ2n) is 5.27. The van der Waals surface area contributed by atoms with Gasteiger partial charge in [-0.2, -0.15) is 0 Å². The van der Waals surface area contributed by atoms with Crippen LogP contribution < -0.4 is 16.4 Å². The monoisotopic (exact) mass is 337 g/mol. The number of carbonyl (C=O) groups is 3. The number of benzene rings is 1. The smallest absolute Gasteiger partial charge is 0.243 e. The van der Waals surface area contributed by atoms with Crippen molar-refractivity contribution in [1.29, 1.82) is 0 Å². The van der Waals surface area contributed by atoms with E-state index in [1.807, 2.05) is 6.07 Å². The van der Waals surface area contributed by atoms with Crippen molar-refractivity contribution in [3.8, 4) is 0 Å². The van der Waals surface area contributed by atoms with Crippen LogP contribution in [0.1, 0.15) is 19.3 Å². The second-order valence-corrected chi connectivity index (χ2v) is 6.84. The van der Waals surface area contributed by atoms with Gasteiger partial charge in [0.1, 0.15) is 12.1 Å². The van der Waals surface area contributed by atoms with Gasteiger partial charge in [0.25, 0.3) is 0 Å². The predicted octanol–water partition coefficient (Wildman–Crippen LogP) is -0.567. The molecule has 0 aromatic heterocycles. The Morgan fingerprint density at radius 3 is 2.61 bits per heavy atom. The number of carbonyl (C=O) groups excluding carboxylic acids is 3. The number of amides is 3. The zero-order chi connectivity index (χ0) is 16.8. The lowest BCUT2D eigenvalue weighted by atomic mass is 10.1. The van der Waals surface area contributed by atoms with Crippen LogP contribution in [0.15, 0.2) is 35.2 Å². The molecule has 7 nitrogen and oxygen atoms in total. The normalized spacial score (nSPS) is 19.7. The summed E-state index contributed by atoms with van der Waals surface area (Å²) in [4.78, 5) is 35.3. The zero-order valence-electron chi connectivity index (χ0n) is 12.5. The quantitative estimate of drug-likeness (QED) is 0.617. The summed E-state index contributed by atoms with van der Waals surface area (Å²) in [5.74, 6) is -1.11. The molecular weight excluding hydrogens is 318 g/mol. The van der Waals surface area contributed by atoms with Crippen molar-refractivity contribution < 1.29 is 18.6 Å². The Morgan fingerprint density at radius 1 is 1.35 bits per heavy atom.